The van der Waals surface area contributed by atoms with Crippen molar-refractivity contribution in [1.82, 2.24) is 10.4 Å². The van der Waals surface area contributed by atoms with E-state index in [0.29, 0.717) is 12.1 Å². The summed E-state index contributed by atoms with van der Waals surface area (Å²) >= 11 is 3.40. The van der Waals surface area contributed by atoms with Gasteiger partial charge in [0.25, 0.3) is 5.91 Å². The van der Waals surface area contributed by atoms with E-state index in [1.54, 1.807) is 6.21 Å². The molecule has 0 aliphatic heterocycles. The van der Waals surface area contributed by atoms with Gasteiger partial charge in [0.05, 0.1) is 6.21 Å². The minimum absolute atomic E-state index is 0.254. The van der Waals surface area contributed by atoms with Crippen LogP contribution in [-0.2, 0) is 6.42 Å². The van der Waals surface area contributed by atoms with Crippen LogP contribution in [0.4, 0.5) is 0 Å². The van der Waals surface area contributed by atoms with Gasteiger partial charge in [-0.2, -0.15) is 5.10 Å². The van der Waals surface area contributed by atoms with Gasteiger partial charge in [-0.25, -0.2) is 5.43 Å². The molecule has 138 valence electrons. The molecule has 3 aromatic carbocycles. The maximum atomic E-state index is 12.8. The lowest BCUT2D eigenvalue weighted by molar-refractivity contribution is 0.0950. The molecule has 4 nitrogen and oxygen atoms in total. The van der Waals surface area contributed by atoms with Gasteiger partial charge >= 0.3 is 0 Å². The highest BCUT2D eigenvalue weighted by Gasteiger charge is 2.17. The first-order valence-corrected chi connectivity index (χ1v) is 9.72. The predicted octanol–water partition coefficient (Wildman–Crippen LogP) is 5.29. The third-order valence-corrected chi connectivity index (χ3v) is 5.04. The van der Waals surface area contributed by atoms with Crippen LogP contribution in [0.1, 0.15) is 27.2 Å². The second-order valence-corrected chi connectivity index (χ2v) is 7.35. The smallest absolute Gasteiger partial charge is 0.288 e. The summed E-state index contributed by atoms with van der Waals surface area (Å²) in [7, 11) is 0. The number of nitrogens with one attached hydrogen (secondary N) is 2. The Hall–Kier alpha value is -3.18. The van der Waals surface area contributed by atoms with E-state index in [-0.39, 0.29) is 5.91 Å². The average Bonchev–Trinajstić information content (AvgIpc) is 3.09. The molecule has 1 heterocycles. The maximum Gasteiger partial charge on any atom is 0.288 e. The van der Waals surface area contributed by atoms with Crippen molar-refractivity contribution in [1.29, 1.82) is 0 Å². The molecule has 5 heteroatoms. The van der Waals surface area contributed by atoms with Gasteiger partial charge in [-0.1, -0.05) is 76.6 Å². The molecule has 0 saturated heterocycles. The molecule has 0 aliphatic carbocycles. The Kier molecular flexibility index (Phi) is 5.35. The number of para-hydroxylation sites is 1. The Balaban J connectivity index is 1.60. The van der Waals surface area contributed by atoms with Crippen LogP contribution in [0.25, 0.3) is 10.9 Å². The summed E-state index contributed by atoms with van der Waals surface area (Å²) in [5, 5.41) is 5.16. The van der Waals surface area contributed by atoms with Gasteiger partial charge in [0, 0.05) is 21.8 Å². The largest absolute Gasteiger partial charge is 0.350 e. The van der Waals surface area contributed by atoms with Gasteiger partial charge in [-0.05, 0) is 34.9 Å². The zero-order valence-electron chi connectivity index (χ0n) is 15.0. The lowest BCUT2D eigenvalue weighted by Gasteiger charge is -2.04. The summed E-state index contributed by atoms with van der Waals surface area (Å²) in [6, 6.07) is 25.8. The maximum absolute atomic E-state index is 12.8. The number of nitrogens with zero attached hydrogens (tertiary/aromatic N) is 1. The summed E-state index contributed by atoms with van der Waals surface area (Å²) in [5.41, 5.74) is 7.15. The number of hydrogen-bond acceptors (Lipinski definition) is 2. The van der Waals surface area contributed by atoms with Gasteiger partial charge in [0.15, 0.2) is 0 Å². The van der Waals surface area contributed by atoms with Crippen molar-refractivity contribution >= 4 is 39.0 Å². The number of hydrogen-bond donors (Lipinski definition) is 2. The first-order chi connectivity index (χ1) is 13.7. The minimum Gasteiger partial charge on any atom is -0.350 e. The molecule has 0 fully saturated rings. The van der Waals surface area contributed by atoms with Crippen LogP contribution in [-0.4, -0.2) is 17.1 Å². The van der Waals surface area contributed by atoms with E-state index < -0.39 is 0 Å². The standard InChI is InChI=1S/C23H18BrN3O/c24-18-12-10-17(11-13-18)15-25-27-23(28)22-20(14-16-6-2-1-3-7-16)19-8-4-5-9-21(19)26-22/h1-13,15,26H,14H2,(H,27,28). The number of aromatic amines is 1. The summed E-state index contributed by atoms with van der Waals surface area (Å²) in [6.07, 6.45) is 2.30. The molecule has 28 heavy (non-hydrogen) atoms. The minimum atomic E-state index is -0.254. The molecule has 0 aliphatic rings. The number of amides is 1. The van der Waals surface area contributed by atoms with Crippen LogP contribution >= 0.6 is 15.9 Å². The highest BCUT2D eigenvalue weighted by molar-refractivity contribution is 9.10. The number of rotatable bonds is 5. The van der Waals surface area contributed by atoms with Crippen molar-refractivity contribution in [3.05, 3.63) is 106 Å². The van der Waals surface area contributed by atoms with Gasteiger partial charge < -0.3 is 4.98 Å². The van der Waals surface area contributed by atoms with Crippen molar-refractivity contribution in [2.75, 3.05) is 0 Å². The molecule has 0 saturated carbocycles. The molecule has 0 atom stereocenters. The molecular weight excluding hydrogens is 414 g/mol. The number of carbonyl (C=O) groups is 1. The fourth-order valence-corrected chi connectivity index (χ4v) is 3.41. The molecule has 0 unspecified atom stereocenters. The Morgan fingerprint density at radius 2 is 1.68 bits per heavy atom. The van der Waals surface area contributed by atoms with Gasteiger partial charge in [-0.15, -0.1) is 0 Å². The number of fused-ring (bicyclic) bond motifs is 1. The molecule has 4 rings (SSSR count). The predicted molar refractivity (Wildman–Crippen MR) is 117 cm³/mol. The van der Waals surface area contributed by atoms with Crippen LogP contribution in [0.3, 0.4) is 0 Å². The fourth-order valence-electron chi connectivity index (χ4n) is 3.15. The van der Waals surface area contributed by atoms with E-state index in [1.165, 1.54) is 0 Å². The number of halogens is 1. The SMILES string of the molecule is O=C(NN=Cc1ccc(Br)cc1)c1[nH]c2ccccc2c1Cc1ccccc1. The van der Waals surface area contributed by atoms with Crippen molar-refractivity contribution < 1.29 is 4.79 Å². The first kappa shape index (κ1) is 18.2. The van der Waals surface area contributed by atoms with Crippen LogP contribution < -0.4 is 5.43 Å². The Labute approximate surface area is 171 Å². The average molecular weight is 432 g/mol. The zero-order chi connectivity index (χ0) is 19.3. The lowest BCUT2D eigenvalue weighted by atomic mass is 10.0. The monoisotopic (exact) mass is 431 g/mol. The number of carbonyl (C=O) groups excluding carboxylic acids is 1. The van der Waals surface area contributed by atoms with Gasteiger partial charge in [0.2, 0.25) is 0 Å². The molecular formula is C23H18BrN3O. The van der Waals surface area contributed by atoms with E-state index in [9.17, 15) is 4.79 Å². The van der Waals surface area contributed by atoms with E-state index in [4.69, 9.17) is 0 Å². The highest BCUT2D eigenvalue weighted by Crippen LogP contribution is 2.25. The van der Waals surface area contributed by atoms with Crippen LogP contribution in [0, 0.1) is 0 Å². The molecule has 0 spiro atoms. The van der Waals surface area contributed by atoms with Crippen LogP contribution in [0.5, 0.6) is 0 Å². The van der Waals surface area contributed by atoms with Gasteiger partial charge in [-0.3, -0.25) is 4.79 Å². The van der Waals surface area contributed by atoms with Crippen molar-refractivity contribution in [2.45, 2.75) is 6.42 Å². The zero-order valence-corrected chi connectivity index (χ0v) is 16.6. The third kappa shape index (κ3) is 4.05. The summed E-state index contributed by atoms with van der Waals surface area (Å²) in [5.74, 6) is -0.254. The number of benzene rings is 3. The number of hydrazone groups is 1. The third-order valence-electron chi connectivity index (χ3n) is 4.51. The number of H-pyrrole nitrogens is 1. The molecule has 0 bridgehead atoms. The van der Waals surface area contributed by atoms with Crippen LogP contribution in [0.2, 0.25) is 0 Å². The lowest BCUT2D eigenvalue weighted by Crippen LogP contribution is -2.19. The fraction of sp³-hybridized carbons (Fsp3) is 0.0435. The van der Waals surface area contributed by atoms with Crippen molar-refractivity contribution in [2.24, 2.45) is 5.10 Å². The quantitative estimate of drug-likeness (QED) is 0.327. The Morgan fingerprint density at radius 3 is 2.46 bits per heavy atom. The van der Waals surface area contributed by atoms with Crippen molar-refractivity contribution in [3.63, 3.8) is 0 Å². The second-order valence-electron chi connectivity index (χ2n) is 6.44. The summed E-state index contributed by atoms with van der Waals surface area (Å²) in [4.78, 5) is 16.1. The van der Waals surface area contributed by atoms with E-state index in [1.807, 2.05) is 66.7 Å². The number of aromatic nitrogens is 1. The highest BCUT2D eigenvalue weighted by atomic mass is 79.9. The summed E-state index contributed by atoms with van der Waals surface area (Å²) in [6.45, 7) is 0. The normalized spacial score (nSPS) is 11.2. The Bertz CT molecular complexity index is 1130. The molecule has 1 aromatic heterocycles. The van der Waals surface area contributed by atoms with E-state index >= 15 is 0 Å². The molecule has 2 N–H and O–H groups in total. The molecule has 1 amide bonds. The summed E-state index contributed by atoms with van der Waals surface area (Å²) < 4.78 is 0.998. The Morgan fingerprint density at radius 1 is 0.964 bits per heavy atom. The van der Waals surface area contributed by atoms with Crippen LogP contribution in [0.15, 0.2) is 88.4 Å². The second kappa shape index (κ2) is 8.23. The first-order valence-electron chi connectivity index (χ1n) is 8.93. The van der Waals surface area contributed by atoms with E-state index in [0.717, 1.165) is 32.1 Å². The molecule has 0 radical (unpaired) electrons. The topological polar surface area (TPSA) is 57.2 Å². The van der Waals surface area contributed by atoms with E-state index in [2.05, 4.69) is 43.6 Å². The van der Waals surface area contributed by atoms with Gasteiger partial charge in [0.1, 0.15) is 5.69 Å². The molecule has 4 aromatic rings. The van der Waals surface area contributed by atoms with Crippen molar-refractivity contribution in [3.8, 4) is 0 Å².